The van der Waals surface area contributed by atoms with Crippen molar-refractivity contribution in [3.05, 3.63) is 18.0 Å². The van der Waals surface area contributed by atoms with Gasteiger partial charge in [0.15, 0.2) is 0 Å². The fourth-order valence-corrected chi connectivity index (χ4v) is 1.36. The van der Waals surface area contributed by atoms with Crippen molar-refractivity contribution < 1.29 is 4.79 Å². The molecule has 4 nitrogen and oxygen atoms in total. The van der Waals surface area contributed by atoms with Crippen LogP contribution in [0.3, 0.4) is 0 Å². The number of likely N-dealkylation sites (tertiary alicyclic amines) is 1. The van der Waals surface area contributed by atoms with E-state index in [0.717, 1.165) is 25.2 Å². The molecule has 1 aromatic heterocycles. The summed E-state index contributed by atoms with van der Waals surface area (Å²) in [6.07, 6.45) is 2.98. The molecule has 1 aliphatic heterocycles. The van der Waals surface area contributed by atoms with Gasteiger partial charge in [0, 0.05) is 19.3 Å². The first-order valence-corrected chi connectivity index (χ1v) is 4.53. The highest BCUT2D eigenvalue weighted by Crippen LogP contribution is 2.06. The van der Waals surface area contributed by atoms with E-state index >= 15 is 0 Å². The molecule has 70 valence electrons. The second kappa shape index (κ2) is 3.20. The minimum absolute atomic E-state index is 0.175. The smallest absolute Gasteiger partial charge is 0.244 e. The first kappa shape index (κ1) is 8.29. The normalized spacial score (nSPS) is 15.6. The van der Waals surface area contributed by atoms with Crippen molar-refractivity contribution in [1.29, 1.82) is 0 Å². The number of hydrogen-bond acceptors (Lipinski definition) is 2. The van der Waals surface area contributed by atoms with E-state index in [1.165, 1.54) is 0 Å². The van der Waals surface area contributed by atoms with Crippen LogP contribution >= 0.6 is 0 Å². The topological polar surface area (TPSA) is 38.1 Å². The summed E-state index contributed by atoms with van der Waals surface area (Å²) in [6, 6.07) is 1.91. The first-order valence-electron chi connectivity index (χ1n) is 4.53. The van der Waals surface area contributed by atoms with Gasteiger partial charge in [0.05, 0.1) is 5.69 Å². The lowest BCUT2D eigenvalue weighted by atomic mass is 10.2. The average molecular weight is 179 g/mol. The lowest BCUT2D eigenvalue weighted by Crippen LogP contribution is -2.43. The van der Waals surface area contributed by atoms with Gasteiger partial charge < -0.3 is 4.90 Å². The maximum Gasteiger partial charge on any atom is 0.244 e. The van der Waals surface area contributed by atoms with Crippen molar-refractivity contribution in [2.24, 2.45) is 0 Å². The summed E-state index contributed by atoms with van der Waals surface area (Å²) in [7, 11) is 0. The number of aromatic nitrogens is 2. The van der Waals surface area contributed by atoms with Gasteiger partial charge in [0.1, 0.15) is 6.54 Å². The largest absolute Gasteiger partial charge is 0.341 e. The lowest BCUT2D eigenvalue weighted by Gasteiger charge is -2.30. The molecule has 1 fully saturated rings. The molecule has 0 aliphatic carbocycles. The summed E-state index contributed by atoms with van der Waals surface area (Å²) in [4.78, 5) is 13.3. The van der Waals surface area contributed by atoms with Crippen molar-refractivity contribution in [1.82, 2.24) is 14.7 Å². The summed E-state index contributed by atoms with van der Waals surface area (Å²) in [5.41, 5.74) is 0.955. The molecule has 1 amide bonds. The van der Waals surface area contributed by atoms with Crippen LogP contribution in [0.15, 0.2) is 12.3 Å². The fourth-order valence-electron chi connectivity index (χ4n) is 1.36. The van der Waals surface area contributed by atoms with Crippen LogP contribution in [0.1, 0.15) is 12.1 Å². The Balaban J connectivity index is 1.93. The molecule has 13 heavy (non-hydrogen) atoms. The minimum atomic E-state index is 0.175. The van der Waals surface area contributed by atoms with E-state index < -0.39 is 0 Å². The molecule has 1 saturated heterocycles. The Bertz CT molecular complexity index is 314. The maximum atomic E-state index is 11.5. The number of aryl methyl sites for hydroxylation is 1. The molecule has 2 heterocycles. The Morgan fingerprint density at radius 3 is 2.85 bits per heavy atom. The summed E-state index contributed by atoms with van der Waals surface area (Å²) >= 11 is 0. The van der Waals surface area contributed by atoms with Crippen LogP contribution in [0.2, 0.25) is 0 Å². The molecule has 0 spiro atoms. The van der Waals surface area contributed by atoms with Crippen LogP contribution in [0.4, 0.5) is 0 Å². The molecule has 0 unspecified atom stereocenters. The van der Waals surface area contributed by atoms with Gasteiger partial charge in [-0.2, -0.15) is 5.10 Å². The van der Waals surface area contributed by atoms with Crippen LogP contribution < -0.4 is 0 Å². The van der Waals surface area contributed by atoms with Crippen molar-refractivity contribution in [2.45, 2.75) is 19.9 Å². The standard InChI is InChI=1S/C9H13N3O/c1-8-3-6-12(10-8)7-9(13)11-4-2-5-11/h3,6H,2,4-5,7H2,1H3. The second-order valence-electron chi connectivity index (χ2n) is 3.39. The van der Waals surface area contributed by atoms with Gasteiger partial charge in [-0.3, -0.25) is 9.48 Å². The molecule has 0 saturated carbocycles. The number of hydrogen-bond donors (Lipinski definition) is 0. The third-order valence-electron chi connectivity index (χ3n) is 2.28. The molecule has 2 rings (SSSR count). The van der Waals surface area contributed by atoms with Gasteiger partial charge in [0.25, 0.3) is 0 Å². The molecular weight excluding hydrogens is 166 g/mol. The molecule has 0 atom stereocenters. The van der Waals surface area contributed by atoms with E-state index in [1.54, 1.807) is 4.68 Å². The first-order chi connectivity index (χ1) is 6.25. The Labute approximate surface area is 77.1 Å². The third-order valence-corrected chi connectivity index (χ3v) is 2.28. The molecule has 0 radical (unpaired) electrons. The molecule has 1 aromatic rings. The summed E-state index contributed by atoms with van der Waals surface area (Å²) < 4.78 is 1.69. The van der Waals surface area contributed by atoms with Gasteiger partial charge >= 0.3 is 0 Å². The number of carbonyl (C=O) groups excluding carboxylic acids is 1. The minimum Gasteiger partial charge on any atom is -0.341 e. The van der Waals surface area contributed by atoms with Crippen molar-refractivity contribution in [3.8, 4) is 0 Å². The Morgan fingerprint density at radius 2 is 2.38 bits per heavy atom. The molecule has 4 heteroatoms. The van der Waals surface area contributed by atoms with Crippen LogP contribution in [0, 0.1) is 6.92 Å². The van der Waals surface area contributed by atoms with E-state index in [1.807, 2.05) is 24.1 Å². The quantitative estimate of drug-likeness (QED) is 0.660. The highest BCUT2D eigenvalue weighted by Gasteiger charge is 2.20. The average Bonchev–Trinajstić information content (AvgIpc) is 2.31. The maximum absolute atomic E-state index is 11.5. The summed E-state index contributed by atoms with van der Waals surface area (Å²) in [6.45, 7) is 4.14. The molecular formula is C9H13N3O. The Morgan fingerprint density at radius 1 is 1.62 bits per heavy atom. The highest BCUT2D eigenvalue weighted by atomic mass is 16.2. The van der Waals surface area contributed by atoms with Crippen molar-refractivity contribution >= 4 is 5.91 Å². The molecule has 0 aromatic carbocycles. The zero-order chi connectivity index (χ0) is 9.26. The van der Waals surface area contributed by atoms with Crippen LogP contribution in [0.5, 0.6) is 0 Å². The number of rotatable bonds is 2. The highest BCUT2D eigenvalue weighted by molar-refractivity contribution is 5.76. The second-order valence-corrected chi connectivity index (χ2v) is 3.39. The van der Waals surface area contributed by atoms with E-state index in [2.05, 4.69) is 5.10 Å². The number of carbonyl (C=O) groups is 1. The zero-order valence-corrected chi connectivity index (χ0v) is 7.73. The number of amides is 1. The van der Waals surface area contributed by atoms with Crippen LogP contribution in [-0.2, 0) is 11.3 Å². The molecule has 1 aliphatic rings. The number of nitrogens with zero attached hydrogens (tertiary/aromatic N) is 3. The van der Waals surface area contributed by atoms with Gasteiger partial charge in [-0.05, 0) is 19.4 Å². The van der Waals surface area contributed by atoms with E-state index in [9.17, 15) is 4.79 Å². The predicted molar refractivity (Wildman–Crippen MR) is 48.2 cm³/mol. The van der Waals surface area contributed by atoms with Crippen molar-refractivity contribution in [2.75, 3.05) is 13.1 Å². The molecule has 0 bridgehead atoms. The Kier molecular flexibility index (Phi) is 2.04. The van der Waals surface area contributed by atoms with Gasteiger partial charge in [-0.1, -0.05) is 0 Å². The predicted octanol–water partition coefficient (Wildman–Crippen LogP) is 0.424. The summed E-state index contributed by atoms with van der Waals surface area (Å²) in [5, 5.41) is 4.16. The van der Waals surface area contributed by atoms with E-state index in [0.29, 0.717) is 6.54 Å². The SMILES string of the molecule is Cc1ccn(CC(=O)N2CCC2)n1. The van der Waals surface area contributed by atoms with E-state index in [4.69, 9.17) is 0 Å². The van der Waals surface area contributed by atoms with Crippen molar-refractivity contribution in [3.63, 3.8) is 0 Å². The van der Waals surface area contributed by atoms with Crippen LogP contribution in [-0.4, -0.2) is 33.7 Å². The Hall–Kier alpha value is -1.32. The third kappa shape index (κ3) is 1.71. The van der Waals surface area contributed by atoms with Crippen LogP contribution in [0.25, 0.3) is 0 Å². The fraction of sp³-hybridized carbons (Fsp3) is 0.556. The summed E-state index contributed by atoms with van der Waals surface area (Å²) in [5.74, 6) is 0.175. The van der Waals surface area contributed by atoms with Gasteiger partial charge in [-0.15, -0.1) is 0 Å². The van der Waals surface area contributed by atoms with E-state index in [-0.39, 0.29) is 5.91 Å². The lowest BCUT2D eigenvalue weighted by molar-refractivity contribution is -0.135. The monoisotopic (exact) mass is 179 g/mol. The van der Waals surface area contributed by atoms with Gasteiger partial charge in [0.2, 0.25) is 5.91 Å². The van der Waals surface area contributed by atoms with Gasteiger partial charge in [-0.25, -0.2) is 0 Å². The molecule has 0 N–H and O–H groups in total. The zero-order valence-electron chi connectivity index (χ0n) is 7.73.